The largest absolute Gasteiger partial charge is 0.496 e. The van der Waals surface area contributed by atoms with Crippen LogP contribution in [-0.4, -0.2) is 56.5 Å². The Labute approximate surface area is 222 Å². The van der Waals surface area contributed by atoms with Crippen molar-refractivity contribution < 1.29 is 14.3 Å². The van der Waals surface area contributed by atoms with Gasteiger partial charge in [-0.25, -0.2) is 0 Å². The summed E-state index contributed by atoms with van der Waals surface area (Å²) in [5.74, 6) is 0.613. The number of hydrogen-bond donors (Lipinski definition) is 0. The van der Waals surface area contributed by atoms with Gasteiger partial charge in [-0.15, -0.1) is 0 Å². The van der Waals surface area contributed by atoms with E-state index in [4.69, 9.17) is 4.74 Å². The zero-order valence-electron chi connectivity index (χ0n) is 21.6. The van der Waals surface area contributed by atoms with E-state index in [0.717, 1.165) is 28.4 Å². The lowest BCUT2D eigenvalue weighted by molar-refractivity contribution is -0.114. The van der Waals surface area contributed by atoms with Gasteiger partial charge in [-0.2, -0.15) is 0 Å². The summed E-state index contributed by atoms with van der Waals surface area (Å²) < 4.78 is 5.44. The van der Waals surface area contributed by atoms with E-state index in [2.05, 4.69) is 43.0 Å². The van der Waals surface area contributed by atoms with Crippen LogP contribution in [-0.2, 0) is 4.79 Å². The van der Waals surface area contributed by atoms with Gasteiger partial charge in [0.15, 0.2) is 0 Å². The third-order valence-corrected chi connectivity index (χ3v) is 8.09. The molecular weight excluding hydrogens is 482 g/mol. The molecule has 7 heteroatoms. The van der Waals surface area contributed by atoms with Crippen molar-refractivity contribution in [2.24, 2.45) is 0 Å². The van der Waals surface area contributed by atoms with E-state index in [1.54, 1.807) is 19.1 Å². The average molecular weight is 514 g/mol. The first-order valence-corrected chi connectivity index (χ1v) is 13.2. The molecule has 0 aliphatic carbocycles. The monoisotopic (exact) mass is 513 g/mol. The Hall–Kier alpha value is -3.71. The molecule has 2 heterocycles. The van der Waals surface area contributed by atoms with Crippen LogP contribution in [0.15, 0.2) is 76.5 Å². The smallest absolute Gasteiger partial charge is 0.264 e. The molecule has 2 aliphatic rings. The van der Waals surface area contributed by atoms with Crippen molar-refractivity contribution >= 4 is 41.0 Å². The maximum absolute atomic E-state index is 13.5. The second kappa shape index (κ2) is 10.3. The van der Waals surface area contributed by atoms with Gasteiger partial charge in [-0.05, 0) is 56.3 Å². The van der Waals surface area contributed by atoms with Gasteiger partial charge >= 0.3 is 0 Å². The van der Waals surface area contributed by atoms with E-state index in [1.807, 2.05) is 53.4 Å². The summed E-state index contributed by atoms with van der Waals surface area (Å²) in [5.41, 5.74) is 4.63. The highest BCUT2D eigenvalue weighted by Crippen LogP contribution is 2.42. The van der Waals surface area contributed by atoms with Crippen molar-refractivity contribution in [3.63, 3.8) is 0 Å². The number of likely N-dealkylation sites (N-methyl/N-ethyl adjacent to an activating group) is 1. The van der Waals surface area contributed by atoms with E-state index >= 15 is 0 Å². The normalized spacial score (nSPS) is 18.7. The lowest BCUT2D eigenvalue weighted by atomic mass is 10.1. The van der Waals surface area contributed by atoms with Gasteiger partial charge in [-0.1, -0.05) is 47.7 Å². The Balaban J connectivity index is 1.33. The molecule has 190 valence electrons. The van der Waals surface area contributed by atoms with Crippen LogP contribution in [0, 0.1) is 6.92 Å². The maximum atomic E-state index is 13.5. The number of nitrogens with zero attached hydrogens (tertiary/aromatic N) is 3. The number of anilines is 2. The molecule has 2 aliphatic heterocycles. The van der Waals surface area contributed by atoms with Crippen molar-refractivity contribution in [3.8, 4) is 5.75 Å². The van der Waals surface area contributed by atoms with Crippen molar-refractivity contribution in [1.29, 1.82) is 0 Å². The number of para-hydroxylation sites is 1. The lowest BCUT2D eigenvalue weighted by Crippen LogP contribution is -2.53. The number of amides is 2. The van der Waals surface area contributed by atoms with Crippen LogP contribution in [0.1, 0.15) is 28.4 Å². The Morgan fingerprint density at radius 1 is 1.05 bits per heavy atom. The Bertz CT molecular complexity index is 1370. The summed E-state index contributed by atoms with van der Waals surface area (Å²) in [6, 6.07) is 22.0. The number of ether oxygens (including phenoxy) is 1. The number of carbonyl (C=O) groups is 2. The maximum Gasteiger partial charge on any atom is 0.264 e. The standard InChI is InChI=1S/C30H31N3O3S/c1-20-9-12-24(13-10-20)33-16-15-32(19-21(33)2)29(34)23-11-14-27-25(17-23)31(3)30(35)28(37-27)18-22-7-5-6-8-26(22)36-4/h5-14,17-18,21H,15-16,19H2,1-4H3/b28-18-/t21-/m0/s1. The molecule has 2 amide bonds. The van der Waals surface area contributed by atoms with Gasteiger partial charge in [0.05, 0.1) is 17.7 Å². The van der Waals surface area contributed by atoms with Crippen molar-refractivity contribution in [2.45, 2.75) is 24.8 Å². The van der Waals surface area contributed by atoms with Gasteiger partial charge in [0.2, 0.25) is 0 Å². The van der Waals surface area contributed by atoms with E-state index in [1.165, 1.54) is 23.0 Å². The first kappa shape index (κ1) is 25.0. The number of benzene rings is 3. The summed E-state index contributed by atoms with van der Waals surface area (Å²) in [5, 5.41) is 0. The van der Waals surface area contributed by atoms with E-state index in [-0.39, 0.29) is 17.9 Å². The summed E-state index contributed by atoms with van der Waals surface area (Å²) >= 11 is 1.42. The number of fused-ring (bicyclic) bond motifs is 1. The second-order valence-corrected chi connectivity index (χ2v) is 10.6. The summed E-state index contributed by atoms with van der Waals surface area (Å²) in [7, 11) is 3.38. The highest BCUT2D eigenvalue weighted by molar-refractivity contribution is 8.04. The molecule has 0 unspecified atom stereocenters. The van der Waals surface area contributed by atoms with Crippen LogP contribution in [0.2, 0.25) is 0 Å². The number of carbonyl (C=O) groups excluding carboxylic acids is 2. The van der Waals surface area contributed by atoms with Gasteiger partial charge in [0.25, 0.3) is 11.8 Å². The second-order valence-electron chi connectivity index (χ2n) is 9.53. The Kier molecular flexibility index (Phi) is 6.98. The highest BCUT2D eigenvalue weighted by Gasteiger charge is 2.30. The third kappa shape index (κ3) is 4.96. The Morgan fingerprint density at radius 3 is 2.54 bits per heavy atom. The molecular formula is C30H31N3O3S. The first-order chi connectivity index (χ1) is 17.9. The SMILES string of the molecule is COc1ccccc1/C=C1\Sc2ccc(C(=O)N3CCN(c4ccc(C)cc4)[C@@H](C)C3)cc2N(C)C1=O. The number of methoxy groups -OCH3 is 1. The zero-order chi connectivity index (χ0) is 26.1. The molecule has 0 saturated carbocycles. The van der Waals surface area contributed by atoms with E-state index in [0.29, 0.717) is 23.6 Å². The minimum absolute atomic E-state index is 0.000541. The molecule has 3 aromatic rings. The van der Waals surface area contributed by atoms with Crippen molar-refractivity contribution in [1.82, 2.24) is 4.90 Å². The fraction of sp³-hybridized carbons (Fsp3) is 0.267. The predicted octanol–water partition coefficient (Wildman–Crippen LogP) is 5.46. The summed E-state index contributed by atoms with van der Waals surface area (Å²) in [4.78, 5) is 34.1. The molecule has 5 rings (SSSR count). The van der Waals surface area contributed by atoms with Crippen LogP contribution >= 0.6 is 11.8 Å². The average Bonchev–Trinajstić information content (AvgIpc) is 2.92. The van der Waals surface area contributed by atoms with Crippen molar-refractivity contribution in [2.75, 3.05) is 43.6 Å². The fourth-order valence-electron chi connectivity index (χ4n) is 4.90. The Morgan fingerprint density at radius 2 is 1.81 bits per heavy atom. The van der Waals surface area contributed by atoms with Crippen LogP contribution < -0.4 is 14.5 Å². The molecule has 6 nitrogen and oxygen atoms in total. The molecule has 0 aromatic heterocycles. The molecule has 0 spiro atoms. The fourth-order valence-corrected chi connectivity index (χ4v) is 5.98. The number of hydrogen-bond acceptors (Lipinski definition) is 5. The first-order valence-electron chi connectivity index (χ1n) is 12.4. The molecule has 0 radical (unpaired) electrons. The topological polar surface area (TPSA) is 53.1 Å². The van der Waals surface area contributed by atoms with Crippen LogP contribution in [0.25, 0.3) is 6.08 Å². The minimum atomic E-state index is -0.103. The zero-order valence-corrected chi connectivity index (χ0v) is 22.4. The molecule has 1 saturated heterocycles. The van der Waals surface area contributed by atoms with Crippen molar-refractivity contribution in [3.05, 3.63) is 88.3 Å². The van der Waals surface area contributed by atoms with Gasteiger partial charge < -0.3 is 19.4 Å². The summed E-state index contributed by atoms with van der Waals surface area (Å²) in [6.45, 7) is 6.34. The van der Waals surface area contributed by atoms with E-state index in [9.17, 15) is 9.59 Å². The molecule has 0 bridgehead atoms. The van der Waals surface area contributed by atoms with Gasteiger partial charge in [0.1, 0.15) is 5.75 Å². The number of aryl methyl sites for hydroxylation is 1. The molecule has 37 heavy (non-hydrogen) atoms. The highest BCUT2D eigenvalue weighted by atomic mass is 32.2. The number of rotatable bonds is 4. The van der Waals surface area contributed by atoms with E-state index < -0.39 is 0 Å². The predicted molar refractivity (Wildman–Crippen MR) is 151 cm³/mol. The summed E-state index contributed by atoms with van der Waals surface area (Å²) in [6.07, 6.45) is 1.86. The lowest BCUT2D eigenvalue weighted by Gasteiger charge is -2.41. The van der Waals surface area contributed by atoms with Crippen LogP contribution in [0.5, 0.6) is 5.75 Å². The van der Waals surface area contributed by atoms with Crippen LogP contribution in [0.4, 0.5) is 11.4 Å². The third-order valence-electron chi connectivity index (χ3n) is 7.01. The van der Waals surface area contributed by atoms with Gasteiger partial charge in [0, 0.05) is 54.4 Å². The molecule has 3 aromatic carbocycles. The quantitative estimate of drug-likeness (QED) is 0.434. The van der Waals surface area contributed by atoms with Gasteiger partial charge in [-0.3, -0.25) is 9.59 Å². The minimum Gasteiger partial charge on any atom is -0.496 e. The molecule has 0 N–H and O–H groups in total. The molecule has 1 atom stereocenters. The van der Waals surface area contributed by atoms with Crippen LogP contribution in [0.3, 0.4) is 0 Å². The molecule has 1 fully saturated rings. The number of thioether (sulfide) groups is 1. The number of piperazine rings is 1.